The van der Waals surface area contributed by atoms with Crippen LogP contribution >= 0.6 is 0 Å². The fourth-order valence-electron chi connectivity index (χ4n) is 2.30. The van der Waals surface area contributed by atoms with Crippen LogP contribution < -0.4 is 4.74 Å². The van der Waals surface area contributed by atoms with Gasteiger partial charge in [0.25, 0.3) is 0 Å². The van der Waals surface area contributed by atoms with Crippen LogP contribution in [-0.2, 0) is 16.4 Å². The normalized spacial score (nSPS) is 18.7. The number of ether oxygens (including phenoxy) is 1. The van der Waals surface area contributed by atoms with Crippen molar-refractivity contribution in [3.05, 3.63) is 23.8 Å². The molecule has 20 heavy (non-hydrogen) atoms. The topological polar surface area (TPSA) is 66.8 Å². The van der Waals surface area contributed by atoms with Crippen molar-refractivity contribution in [2.75, 3.05) is 13.7 Å². The van der Waals surface area contributed by atoms with Crippen LogP contribution in [0.4, 0.5) is 0 Å². The largest absolute Gasteiger partial charge is 0.486 e. The molecule has 1 aromatic carbocycles. The lowest BCUT2D eigenvalue weighted by Gasteiger charge is -2.24. The zero-order valence-corrected chi connectivity index (χ0v) is 13.1. The first-order chi connectivity index (χ1) is 9.19. The lowest BCUT2D eigenvalue weighted by molar-refractivity contribution is 0.134. The average Bonchev–Trinajstić information content (AvgIpc) is 2.69. The molecular formula is C14H21NO4S. The van der Waals surface area contributed by atoms with Crippen LogP contribution in [0.2, 0.25) is 0 Å². The zero-order chi connectivity index (χ0) is 15.1. The van der Waals surface area contributed by atoms with Gasteiger partial charge in [0.15, 0.2) is 0 Å². The number of para-hydroxylation sites is 1. The molecule has 1 aromatic rings. The maximum Gasteiger partial charge on any atom is 0.246 e. The molecule has 0 fully saturated rings. The number of hydrogen-bond acceptors (Lipinski definition) is 4. The molecule has 1 atom stereocenters. The molecule has 0 amide bonds. The minimum absolute atomic E-state index is 0.170. The van der Waals surface area contributed by atoms with Gasteiger partial charge in [0, 0.05) is 19.5 Å². The van der Waals surface area contributed by atoms with Crippen LogP contribution in [0.5, 0.6) is 5.75 Å². The molecule has 6 heteroatoms. The van der Waals surface area contributed by atoms with Gasteiger partial charge in [-0.1, -0.05) is 12.1 Å². The SMILES string of the molecule is C[C@@H](CO)N(C)S(=O)(=O)c1cccc2c1OC(C)(C)C2. The van der Waals surface area contributed by atoms with Crippen molar-refractivity contribution in [3.63, 3.8) is 0 Å². The summed E-state index contributed by atoms with van der Waals surface area (Å²) < 4.78 is 32.3. The van der Waals surface area contributed by atoms with E-state index in [4.69, 9.17) is 9.84 Å². The Morgan fingerprint density at radius 1 is 1.45 bits per heavy atom. The van der Waals surface area contributed by atoms with E-state index < -0.39 is 21.7 Å². The lowest BCUT2D eigenvalue weighted by Crippen LogP contribution is -2.37. The summed E-state index contributed by atoms with van der Waals surface area (Å²) in [6.45, 7) is 5.30. The summed E-state index contributed by atoms with van der Waals surface area (Å²) in [5.41, 5.74) is 0.510. The molecule has 1 aliphatic heterocycles. The van der Waals surface area contributed by atoms with Gasteiger partial charge in [-0.3, -0.25) is 0 Å². The Kier molecular flexibility index (Phi) is 3.83. The molecule has 0 aliphatic carbocycles. The number of aliphatic hydroxyl groups is 1. The van der Waals surface area contributed by atoms with Crippen molar-refractivity contribution in [1.29, 1.82) is 0 Å². The highest BCUT2D eigenvalue weighted by Crippen LogP contribution is 2.40. The highest BCUT2D eigenvalue weighted by molar-refractivity contribution is 7.89. The Morgan fingerprint density at radius 3 is 2.70 bits per heavy atom. The summed E-state index contributed by atoms with van der Waals surface area (Å²) in [6, 6.07) is 4.69. The third-order valence-corrected chi connectivity index (χ3v) is 5.59. The number of rotatable bonds is 4. The first-order valence-corrected chi connectivity index (χ1v) is 8.03. The number of fused-ring (bicyclic) bond motifs is 1. The highest BCUT2D eigenvalue weighted by Gasteiger charge is 2.36. The number of likely N-dealkylation sites (N-methyl/N-ethyl adjacent to an activating group) is 1. The maximum atomic E-state index is 12.6. The highest BCUT2D eigenvalue weighted by atomic mass is 32.2. The first kappa shape index (κ1) is 15.3. The average molecular weight is 299 g/mol. The Balaban J connectivity index is 2.48. The van der Waals surface area contributed by atoms with Crippen LogP contribution in [0.3, 0.4) is 0 Å². The number of hydrogen-bond donors (Lipinski definition) is 1. The maximum absolute atomic E-state index is 12.6. The standard InChI is InChI=1S/C14H21NO4S/c1-10(9-16)15(4)20(17,18)12-7-5-6-11-8-14(2,3)19-13(11)12/h5-7,10,16H,8-9H2,1-4H3/t10-/m0/s1. The summed E-state index contributed by atoms with van der Waals surface area (Å²) in [5.74, 6) is 0.439. The van der Waals surface area contributed by atoms with E-state index in [0.29, 0.717) is 12.2 Å². The molecule has 2 rings (SSSR count). The second-order valence-electron chi connectivity index (χ2n) is 5.84. The van der Waals surface area contributed by atoms with Crippen LogP contribution in [0.1, 0.15) is 26.3 Å². The predicted octanol–water partition coefficient (Wildman–Crippen LogP) is 1.40. The zero-order valence-electron chi connectivity index (χ0n) is 12.3. The quantitative estimate of drug-likeness (QED) is 0.912. The van der Waals surface area contributed by atoms with E-state index >= 15 is 0 Å². The van der Waals surface area contributed by atoms with E-state index in [1.165, 1.54) is 11.4 Å². The van der Waals surface area contributed by atoms with E-state index in [1.807, 2.05) is 19.9 Å². The number of nitrogens with zero attached hydrogens (tertiary/aromatic N) is 1. The second-order valence-corrected chi connectivity index (χ2v) is 7.80. The smallest absolute Gasteiger partial charge is 0.246 e. The molecular weight excluding hydrogens is 278 g/mol. The van der Waals surface area contributed by atoms with Crippen LogP contribution in [0, 0.1) is 0 Å². The minimum Gasteiger partial charge on any atom is -0.486 e. The van der Waals surface area contributed by atoms with E-state index in [9.17, 15) is 8.42 Å². The van der Waals surface area contributed by atoms with Gasteiger partial charge in [-0.25, -0.2) is 8.42 Å². The van der Waals surface area contributed by atoms with E-state index in [-0.39, 0.29) is 11.5 Å². The predicted molar refractivity (Wildman–Crippen MR) is 76.3 cm³/mol. The molecule has 0 radical (unpaired) electrons. The molecule has 1 aliphatic rings. The molecule has 0 saturated carbocycles. The molecule has 112 valence electrons. The number of sulfonamides is 1. The van der Waals surface area contributed by atoms with Crippen molar-refractivity contribution in [2.24, 2.45) is 0 Å². The fourth-order valence-corrected chi connectivity index (χ4v) is 3.81. The minimum atomic E-state index is -3.68. The fraction of sp³-hybridized carbons (Fsp3) is 0.571. The Hall–Kier alpha value is -1.11. The number of aliphatic hydroxyl groups excluding tert-OH is 1. The lowest BCUT2D eigenvalue weighted by atomic mass is 10.0. The van der Waals surface area contributed by atoms with Gasteiger partial charge in [0.1, 0.15) is 16.2 Å². The summed E-state index contributed by atoms with van der Waals surface area (Å²) >= 11 is 0. The van der Waals surface area contributed by atoms with Crippen molar-refractivity contribution in [1.82, 2.24) is 4.31 Å². The summed E-state index contributed by atoms with van der Waals surface area (Å²) in [4.78, 5) is 0.170. The summed E-state index contributed by atoms with van der Waals surface area (Å²) in [6.07, 6.45) is 0.685. The van der Waals surface area contributed by atoms with Gasteiger partial charge in [0.05, 0.1) is 6.61 Å². The summed E-state index contributed by atoms with van der Waals surface area (Å²) in [5, 5.41) is 9.15. The van der Waals surface area contributed by atoms with Gasteiger partial charge in [-0.15, -0.1) is 0 Å². The van der Waals surface area contributed by atoms with E-state index in [2.05, 4.69) is 0 Å². The second kappa shape index (κ2) is 5.02. The Bertz CT molecular complexity index is 610. The Labute approximate surface area is 120 Å². The molecule has 0 unspecified atom stereocenters. The van der Waals surface area contributed by atoms with Crippen LogP contribution in [0.25, 0.3) is 0 Å². The van der Waals surface area contributed by atoms with E-state index in [1.54, 1.807) is 19.1 Å². The van der Waals surface area contributed by atoms with Gasteiger partial charge in [-0.2, -0.15) is 4.31 Å². The van der Waals surface area contributed by atoms with Crippen LogP contribution in [0.15, 0.2) is 23.1 Å². The number of benzene rings is 1. The van der Waals surface area contributed by atoms with Crippen molar-refractivity contribution < 1.29 is 18.3 Å². The van der Waals surface area contributed by atoms with Gasteiger partial charge >= 0.3 is 0 Å². The van der Waals surface area contributed by atoms with Crippen molar-refractivity contribution in [3.8, 4) is 5.75 Å². The molecule has 0 spiro atoms. The van der Waals surface area contributed by atoms with Crippen molar-refractivity contribution in [2.45, 2.75) is 43.7 Å². The monoisotopic (exact) mass is 299 g/mol. The van der Waals surface area contributed by atoms with Gasteiger partial charge in [0.2, 0.25) is 10.0 Å². The third-order valence-electron chi connectivity index (χ3n) is 3.60. The Morgan fingerprint density at radius 2 is 2.10 bits per heavy atom. The first-order valence-electron chi connectivity index (χ1n) is 6.59. The molecule has 0 aromatic heterocycles. The van der Waals surface area contributed by atoms with Crippen molar-refractivity contribution >= 4 is 10.0 Å². The molecule has 1 N–H and O–H groups in total. The van der Waals surface area contributed by atoms with Gasteiger partial charge in [-0.05, 0) is 32.4 Å². The molecule has 5 nitrogen and oxygen atoms in total. The van der Waals surface area contributed by atoms with Gasteiger partial charge < -0.3 is 9.84 Å². The molecule has 0 saturated heterocycles. The molecule has 0 bridgehead atoms. The molecule has 1 heterocycles. The van der Waals surface area contributed by atoms with Crippen LogP contribution in [-0.4, -0.2) is 43.1 Å². The third kappa shape index (κ3) is 2.55. The van der Waals surface area contributed by atoms with E-state index in [0.717, 1.165) is 5.56 Å². The summed E-state index contributed by atoms with van der Waals surface area (Å²) in [7, 11) is -2.21.